The Morgan fingerprint density at radius 3 is 2.33 bits per heavy atom. The SMILES string of the molecule is CC(=O)OC[C@H]1O[C@@H](n2cc(F)c(N)nc2=O)[C@H](OC(C)=O)[C@@H]1OC(C)=O. The normalized spacial score (nSPS) is 24.3. The van der Waals surface area contributed by atoms with Gasteiger partial charge >= 0.3 is 23.6 Å². The Bertz CT molecular complexity index is 811. The molecule has 2 rings (SSSR count). The molecule has 0 aromatic carbocycles. The molecule has 0 amide bonds. The van der Waals surface area contributed by atoms with Crippen molar-refractivity contribution in [3.8, 4) is 0 Å². The van der Waals surface area contributed by atoms with Crippen LogP contribution in [0.25, 0.3) is 0 Å². The predicted octanol–water partition coefficient (Wildman–Crippen LogP) is -0.711. The van der Waals surface area contributed by atoms with Gasteiger partial charge in [0.05, 0.1) is 6.20 Å². The van der Waals surface area contributed by atoms with Gasteiger partial charge in [-0.25, -0.2) is 9.18 Å². The molecule has 0 unspecified atom stereocenters. The monoisotopic (exact) mass is 387 g/mol. The first kappa shape index (κ1) is 20.3. The van der Waals surface area contributed by atoms with Crippen molar-refractivity contribution < 1.29 is 37.7 Å². The van der Waals surface area contributed by atoms with Gasteiger partial charge in [0.25, 0.3) is 0 Å². The number of nitrogens with zero attached hydrogens (tertiary/aromatic N) is 2. The van der Waals surface area contributed by atoms with Crippen LogP contribution in [0.3, 0.4) is 0 Å². The molecule has 0 saturated carbocycles. The molecule has 0 spiro atoms. The first-order valence-corrected chi connectivity index (χ1v) is 7.77. The van der Waals surface area contributed by atoms with Crippen molar-refractivity contribution in [2.45, 2.75) is 45.3 Å². The summed E-state index contributed by atoms with van der Waals surface area (Å²) < 4.78 is 35.2. The highest BCUT2D eigenvalue weighted by Crippen LogP contribution is 2.33. The van der Waals surface area contributed by atoms with Gasteiger partial charge < -0.3 is 24.7 Å². The summed E-state index contributed by atoms with van der Waals surface area (Å²) in [7, 11) is 0. The number of rotatable bonds is 5. The maximum atomic E-state index is 13.8. The number of carbonyl (C=O) groups excluding carboxylic acids is 3. The van der Waals surface area contributed by atoms with Crippen LogP contribution in [0.5, 0.6) is 0 Å². The van der Waals surface area contributed by atoms with E-state index in [9.17, 15) is 23.6 Å². The zero-order chi connectivity index (χ0) is 20.3. The van der Waals surface area contributed by atoms with E-state index in [0.29, 0.717) is 4.57 Å². The average Bonchev–Trinajstić information content (AvgIpc) is 2.85. The van der Waals surface area contributed by atoms with Crippen LogP contribution >= 0.6 is 0 Å². The Balaban J connectivity index is 2.45. The van der Waals surface area contributed by atoms with E-state index in [1.807, 2.05) is 0 Å². The van der Waals surface area contributed by atoms with E-state index in [4.69, 9.17) is 24.7 Å². The van der Waals surface area contributed by atoms with E-state index < -0.39 is 59.8 Å². The van der Waals surface area contributed by atoms with Crippen LogP contribution in [-0.4, -0.2) is 52.4 Å². The lowest BCUT2D eigenvalue weighted by atomic mass is 10.1. The molecule has 0 radical (unpaired) electrons. The summed E-state index contributed by atoms with van der Waals surface area (Å²) in [6.45, 7) is 2.99. The van der Waals surface area contributed by atoms with Crippen molar-refractivity contribution in [2.24, 2.45) is 0 Å². The van der Waals surface area contributed by atoms with Crippen LogP contribution < -0.4 is 11.4 Å². The fourth-order valence-corrected chi connectivity index (χ4v) is 2.56. The molecule has 0 bridgehead atoms. The van der Waals surface area contributed by atoms with Gasteiger partial charge in [0.2, 0.25) is 0 Å². The third-order valence-corrected chi connectivity index (χ3v) is 3.55. The van der Waals surface area contributed by atoms with Crippen molar-refractivity contribution in [2.75, 3.05) is 12.3 Å². The largest absolute Gasteiger partial charge is 0.463 e. The zero-order valence-electron chi connectivity index (χ0n) is 14.7. The van der Waals surface area contributed by atoms with Gasteiger partial charge in [-0.2, -0.15) is 4.98 Å². The number of carbonyl (C=O) groups is 3. The number of hydrogen-bond acceptors (Lipinski definition) is 10. The lowest BCUT2D eigenvalue weighted by Crippen LogP contribution is -2.42. The van der Waals surface area contributed by atoms with Crippen molar-refractivity contribution in [3.05, 3.63) is 22.5 Å². The summed E-state index contributed by atoms with van der Waals surface area (Å²) >= 11 is 0. The standard InChI is InChI=1S/C15H18FN3O8/c1-6(20)24-5-10-11(25-7(2)21)12(26-8(3)22)14(27-10)19-4-9(16)13(17)18-15(19)23/h4,10-12,14H,5H2,1-3H3,(H2,17,18,23)/t10-,11-,12-,14-/m1/s1. The quantitative estimate of drug-likeness (QED) is 0.507. The third kappa shape index (κ3) is 4.78. The Morgan fingerprint density at radius 2 is 1.78 bits per heavy atom. The molecular weight excluding hydrogens is 369 g/mol. The molecule has 1 aromatic heterocycles. The molecule has 1 saturated heterocycles. The van der Waals surface area contributed by atoms with Gasteiger partial charge in [-0.3, -0.25) is 19.0 Å². The van der Waals surface area contributed by atoms with Crippen LogP contribution in [-0.2, 0) is 33.3 Å². The highest BCUT2D eigenvalue weighted by molar-refractivity contribution is 5.68. The van der Waals surface area contributed by atoms with E-state index >= 15 is 0 Å². The number of nitrogens with two attached hydrogens (primary N) is 1. The Morgan fingerprint density at radius 1 is 1.19 bits per heavy atom. The average molecular weight is 387 g/mol. The first-order chi connectivity index (χ1) is 12.6. The van der Waals surface area contributed by atoms with Crippen molar-refractivity contribution >= 4 is 23.7 Å². The van der Waals surface area contributed by atoms with E-state index in [2.05, 4.69) is 4.98 Å². The molecule has 1 aliphatic heterocycles. The Kier molecular flexibility index (Phi) is 6.10. The minimum absolute atomic E-state index is 0.360. The van der Waals surface area contributed by atoms with Crippen LogP contribution in [0.2, 0.25) is 0 Å². The number of ether oxygens (including phenoxy) is 4. The maximum Gasteiger partial charge on any atom is 0.351 e. The Hall–Kier alpha value is -3.02. The minimum Gasteiger partial charge on any atom is -0.463 e. The molecule has 2 heterocycles. The number of esters is 3. The summed E-state index contributed by atoms with van der Waals surface area (Å²) in [5.74, 6) is -3.76. The second kappa shape index (κ2) is 8.12. The molecule has 1 fully saturated rings. The molecule has 11 nitrogen and oxygen atoms in total. The number of aromatic nitrogens is 2. The van der Waals surface area contributed by atoms with Crippen molar-refractivity contribution in [1.29, 1.82) is 0 Å². The molecular formula is C15H18FN3O8. The summed E-state index contributed by atoms with van der Waals surface area (Å²) in [5, 5.41) is 0. The number of halogens is 1. The molecule has 12 heteroatoms. The second-order valence-electron chi connectivity index (χ2n) is 5.68. The number of hydrogen-bond donors (Lipinski definition) is 1. The first-order valence-electron chi connectivity index (χ1n) is 7.77. The minimum atomic E-state index is -1.39. The van der Waals surface area contributed by atoms with Gasteiger partial charge in [-0.15, -0.1) is 0 Å². The van der Waals surface area contributed by atoms with Crippen LogP contribution in [0.15, 0.2) is 11.0 Å². The van der Waals surface area contributed by atoms with Crippen LogP contribution in [0, 0.1) is 5.82 Å². The van der Waals surface area contributed by atoms with Gasteiger partial charge in [0, 0.05) is 20.8 Å². The number of nitrogen functional groups attached to an aromatic ring is 1. The molecule has 1 aromatic rings. The summed E-state index contributed by atoms with van der Waals surface area (Å²) in [5.41, 5.74) is 4.27. The van der Waals surface area contributed by atoms with E-state index in [0.717, 1.165) is 27.0 Å². The highest BCUT2D eigenvalue weighted by Gasteiger charge is 2.51. The van der Waals surface area contributed by atoms with E-state index in [1.165, 1.54) is 0 Å². The van der Waals surface area contributed by atoms with Gasteiger partial charge in [-0.1, -0.05) is 0 Å². The van der Waals surface area contributed by atoms with Crippen molar-refractivity contribution in [3.63, 3.8) is 0 Å². The fourth-order valence-electron chi connectivity index (χ4n) is 2.56. The summed E-state index contributed by atoms with van der Waals surface area (Å²) in [4.78, 5) is 49.4. The lowest BCUT2D eigenvalue weighted by molar-refractivity contribution is -0.166. The van der Waals surface area contributed by atoms with E-state index in [1.54, 1.807) is 0 Å². The lowest BCUT2D eigenvalue weighted by Gasteiger charge is -2.23. The second-order valence-corrected chi connectivity index (χ2v) is 5.68. The molecule has 0 aliphatic carbocycles. The van der Waals surface area contributed by atoms with Crippen LogP contribution in [0.1, 0.15) is 27.0 Å². The molecule has 148 valence electrons. The van der Waals surface area contributed by atoms with Gasteiger partial charge in [-0.05, 0) is 0 Å². The highest BCUT2D eigenvalue weighted by atomic mass is 19.1. The molecule has 1 aliphatic rings. The topological polar surface area (TPSA) is 149 Å². The summed E-state index contributed by atoms with van der Waals surface area (Å²) in [6.07, 6.45) is -4.29. The predicted molar refractivity (Wildman–Crippen MR) is 84.5 cm³/mol. The van der Waals surface area contributed by atoms with Crippen molar-refractivity contribution in [1.82, 2.24) is 9.55 Å². The zero-order valence-corrected chi connectivity index (χ0v) is 14.7. The Labute approximate surface area is 152 Å². The third-order valence-electron chi connectivity index (χ3n) is 3.55. The fraction of sp³-hybridized carbons (Fsp3) is 0.533. The summed E-state index contributed by atoms with van der Waals surface area (Å²) in [6, 6.07) is 0. The van der Waals surface area contributed by atoms with Gasteiger partial charge in [0.15, 0.2) is 30.1 Å². The van der Waals surface area contributed by atoms with Gasteiger partial charge in [0.1, 0.15) is 12.7 Å². The maximum absolute atomic E-state index is 13.8. The van der Waals surface area contributed by atoms with Crippen LogP contribution in [0.4, 0.5) is 10.2 Å². The molecule has 4 atom stereocenters. The molecule has 27 heavy (non-hydrogen) atoms. The number of anilines is 1. The molecule has 2 N–H and O–H groups in total. The smallest absolute Gasteiger partial charge is 0.351 e. The van der Waals surface area contributed by atoms with E-state index in [-0.39, 0.29) is 6.61 Å².